The minimum absolute atomic E-state index is 0.0349. The van der Waals surface area contributed by atoms with Gasteiger partial charge < -0.3 is 10.6 Å². The Kier molecular flexibility index (Phi) is 3.03. The fourth-order valence-corrected chi connectivity index (χ4v) is 1.45. The molecule has 1 aliphatic heterocycles. The van der Waals surface area contributed by atoms with E-state index in [1.54, 1.807) is 11.8 Å². The maximum absolute atomic E-state index is 12.2. The summed E-state index contributed by atoms with van der Waals surface area (Å²) in [6.07, 6.45) is 0.773. The van der Waals surface area contributed by atoms with Gasteiger partial charge in [0.2, 0.25) is 5.91 Å². The van der Waals surface area contributed by atoms with Crippen LogP contribution in [-0.4, -0.2) is 36.6 Å². The largest absolute Gasteiger partial charge is 0.341 e. The van der Waals surface area contributed by atoms with Crippen molar-refractivity contribution in [3.63, 3.8) is 0 Å². The van der Waals surface area contributed by atoms with E-state index in [2.05, 4.69) is 0 Å². The van der Waals surface area contributed by atoms with Crippen molar-refractivity contribution >= 4 is 5.91 Å². The molecule has 0 saturated carbocycles. The Balaban J connectivity index is 2.41. The Morgan fingerprint density at radius 1 is 1.83 bits per heavy atom. The molecular formula is C8H15FN2O. The Labute approximate surface area is 71.7 Å². The average molecular weight is 174 g/mol. The van der Waals surface area contributed by atoms with E-state index in [0.717, 1.165) is 6.42 Å². The third-order valence-corrected chi connectivity index (χ3v) is 2.21. The number of nitrogens with zero attached hydrogens (tertiary/aromatic N) is 1. The standard InChI is InChI=1S/C8H15FN2O/c1-6(10)8(12)11-3-2-7(4-9)5-11/h6-7H,2-5,10H2,1H3. The SMILES string of the molecule is CC(N)C(=O)N1CCC(CF)C1. The summed E-state index contributed by atoms with van der Waals surface area (Å²) in [5, 5.41) is 0. The average Bonchev–Trinajstić information content (AvgIpc) is 2.50. The lowest BCUT2D eigenvalue weighted by Gasteiger charge is -2.17. The molecule has 1 rings (SSSR count). The predicted octanol–water partition coefficient (Wildman–Crippen LogP) is 0.152. The van der Waals surface area contributed by atoms with Crippen molar-refractivity contribution in [1.29, 1.82) is 0 Å². The minimum Gasteiger partial charge on any atom is -0.341 e. The van der Waals surface area contributed by atoms with Crippen LogP contribution in [0.1, 0.15) is 13.3 Å². The van der Waals surface area contributed by atoms with Gasteiger partial charge in [0.05, 0.1) is 12.7 Å². The van der Waals surface area contributed by atoms with Crippen LogP contribution in [0.3, 0.4) is 0 Å². The Hall–Kier alpha value is -0.640. The van der Waals surface area contributed by atoms with E-state index in [4.69, 9.17) is 5.73 Å². The molecule has 1 saturated heterocycles. The van der Waals surface area contributed by atoms with Crippen LogP contribution in [0.2, 0.25) is 0 Å². The number of alkyl halides is 1. The molecule has 0 aromatic rings. The molecule has 1 heterocycles. The lowest BCUT2D eigenvalue weighted by atomic mass is 10.1. The van der Waals surface area contributed by atoms with Gasteiger partial charge in [-0.15, -0.1) is 0 Å². The highest BCUT2D eigenvalue weighted by molar-refractivity contribution is 5.81. The third kappa shape index (κ3) is 1.94. The van der Waals surface area contributed by atoms with Gasteiger partial charge in [-0.05, 0) is 13.3 Å². The topological polar surface area (TPSA) is 46.3 Å². The van der Waals surface area contributed by atoms with Crippen LogP contribution in [0, 0.1) is 5.92 Å². The summed E-state index contributed by atoms with van der Waals surface area (Å²) in [5.41, 5.74) is 5.42. The molecule has 3 nitrogen and oxygen atoms in total. The first kappa shape index (κ1) is 9.45. The summed E-state index contributed by atoms with van der Waals surface area (Å²) in [6.45, 7) is 2.53. The van der Waals surface area contributed by atoms with Gasteiger partial charge >= 0.3 is 0 Å². The van der Waals surface area contributed by atoms with E-state index in [-0.39, 0.29) is 18.5 Å². The second kappa shape index (κ2) is 3.85. The lowest BCUT2D eigenvalue weighted by Crippen LogP contribution is -2.40. The van der Waals surface area contributed by atoms with Crippen LogP contribution in [0.4, 0.5) is 4.39 Å². The van der Waals surface area contributed by atoms with Crippen LogP contribution in [0.5, 0.6) is 0 Å². The molecule has 0 aliphatic carbocycles. The first-order valence-corrected chi connectivity index (χ1v) is 4.25. The smallest absolute Gasteiger partial charge is 0.239 e. The zero-order valence-corrected chi connectivity index (χ0v) is 7.29. The van der Waals surface area contributed by atoms with Gasteiger partial charge in [0.15, 0.2) is 0 Å². The van der Waals surface area contributed by atoms with Gasteiger partial charge in [-0.1, -0.05) is 0 Å². The maximum atomic E-state index is 12.2. The predicted molar refractivity (Wildman–Crippen MR) is 44.3 cm³/mol. The van der Waals surface area contributed by atoms with E-state index in [1.807, 2.05) is 0 Å². The van der Waals surface area contributed by atoms with E-state index < -0.39 is 6.04 Å². The number of nitrogens with two attached hydrogens (primary N) is 1. The molecular weight excluding hydrogens is 159 g/mol. The molecule has 12 heavy (non-hydrogen) atoms. The van der Waals surface area contributed by atoms with Crippen molar-refractivity contribution in [2.24, 2.45) is 11.7 Å². The Morgan fingerprint density at radius 2 is 2.50 bits per heavy atom. The molecule has 70 valence electrons. The molecule has 2 unspecified atom stereocenters. The highest BCUT2D eigenvalue weighted by atomic mass is 19.1. The quantitative estimate of drug-likeness (QED) is 0.647. The van der Waals surface area contributed by atoms with Crippen molar-refractivity contribution < 1.29 is 9.18 Å². The zero-order chi connectivity index (χ0) is 9.14. The monoisotopic (exact) mass is 174 g/mol. The lowest BCUT2D eigenvalue weighted by molar-refractivity contribution is -0.131. The van der Waals surface area contributed by atoms with Crippen molar-refractivity contribution in [1.82, 2.24) is 4.90 Å². The Morgan fingerprint density at radius 3 is 2.92 bits per heavy atom. The van der Waals surface area contributed by atoms with Crippen LogP contribution in [-0.2, 0) is 4.79 Å². The molecule has 0 bridgehead atoms. The summed E-state index contributed by atoms with van der Waals surface area (Å²) >= 11 is 0. The molecule has 0 aromatic carbocycles. The molecule has 1 amide bonds. The summed E-state index contributed by atoms with van der Waals surface area (Å²) in [4.78, 5) is 12.9. The third-order valence-electron chi connectivity index (χ3n) is 2.21. The zero-order valence-electron chi connectivity index (χ0n) is 7.29. The number of carbonyl (C=O) groups excluding carboxylic acids is 1. The number of halogens is 1. The van der Waals surface area contributed by atoms with Gasteiger partial charge in [0, 0.05) is 19.0 Å². The molecule has 1 fully saturated rings. The van der Waals surface area contributed by atoms with Crippen LogP contribution in [0.15, 0.2) is 0 Å². The van der Waals surface area contributed by atoms with Crippen molar-refractivity contribution in [3.05, 3.63) is 0 Å². The van der Waals surface area contributed by atoms with E-state index in [1.165, 1.54) is 0 Å². The highest BCUT2D eigenvalue weighted by Gasteiger charge is 2.27. The van der Waals surface area contributed by atoms with Crippen molar-refractivity contribution in [2.45, 2.75) is 19.4 Å². The molecule has 0 aromatic heterocycles. The summed E-state index contributed by atoms with van der Waals surface area (Å²) in [5.74, 6) is -0.0290. The number of carbonyl (C=O) groups is 1. The summed E-state index contributed by atoms with van der Waals surface area (Å²) in [7, 11) is 0. The van der Waals surface area contributed by atoms with Crippen LogP contribution in [0.25, 0.3) is 0 Å². The molecule has 0 spiro atoms. The second-order valence-electron chi connectivity index (χ2n) is 3.38. The van der Waals surface area contributed by atoms with Gasteiger partial charge in [-0.3, -0.25) is 9.18 Å². The number of hydrogen-bond acceptors (Lipinski definition) is 2. The fourth-order valence-electron chi connectivity index (χ4n) is 1.45. The normalized spacial score (nSPS) is 25.9. The van der Waals surface area contributed by atoms with Crippen LogP contribution >= 0.6 is 0 Å². The van der Waals surface area contributed by atoms with Crippen molar-refractivity contribution in [3.8, 4) is 0 Å². The number of hydrogen-bond donors (Lipinski definition) is 1. The van der Waals surface area contributed by atoms with E-state index >= 15 is 0 Å². The number of amides is 1. The van der Waals surface area contributed by atoms with Gasteiger partial charge in [-0.25, -0.2) is 0 Å². The van der Waals surface area contributed by atoms with E-state index in [9.17, 15) is 9.18 Å². The van der Waals surface area contributed by atoms with Gasteiger partial charge in [0.1, 0.15) is 0 Å². The molecule has 1 aliphatic rings. The number of rotatable bonds is 2. The fraction of sp³-hybridized carbons (Fsp3) is 0.875. The Bertz CT molecular complexity index is 172. The molecule has 2 atom stereocenters. The van der Waals surface area contributed by atoms with Crippen LogP contribution < -0.4 is 5.73 Å². The number of likely N-dealkylation sites (tertiary alicyclic amines) is 1. The second-order valence-corrected chi connectivity index (χ2v) is 3.38. The molecule has 4 heteroatoms. The molecule has 0 radical (unpaired) electrons. The summed E-state index contributed by atoms with van der Waals surface area (Å²) < 4.78 is 12.2. The van der Waals surface area contributed by atoms with Crippen molar-refractivity contribution in [2.75, 3.05) is 19.8 Å². The first-order valence-electron chi connectivity index (χ1n) is 4.25. The highest BCUT2D eigenvalue weighted by Crippen LogP contribution is 2.16. The minimum atomic E-state index is -0.455. The summed E-state index contributed by atoms with van der Waals surface area (Å²) in [6, 6.07) is -0.455. The van der Waals surface area contributed by atoms with Gasteiger partial charge in [0.25, 0.3) is 0 Å². The van der Waals surface area contributed by atoms with Gasteiger partial charge in [-0.2, -0.15) is 0 Å². The molecule has 2 N–H and O–H groups in total. The maximum Gasteiger partial charge on any atom is 0.239 e. The first-order chi connectivity index (χ1) is 5.65. The van der Waals surface area contributed by atoms with E-state index in [0.29, 0.717) is 13.1 Å².